The highest BCUT2D eigenvalue weighted by molar-refractivity contribution is 7.89. The number of nitrogens with one attached hydrogen (secondary N) is 1. The summed E-state index contributed by atoms with van der Waals surface area (Å²) in [5.41, 5.74) is 4.69. The number of rotatable bonds is 7. The van der Waals surface area contributed by atoms with Crippen molar-refractivity contribution in [3.8, 4) is 0 Å². The minimum atomic E-state index is -4.20. The van der Waals surface area contributed by atoms with E-state index < -0.39 is 37.4 Å². The molecule has 0 aliphatic carbocycles. The number of nitrogens with zero attached hydrogens (tertiary/aromatic N) is 1. The monoisotopic (exact) mass is 319 g/mol. The molecule has 0 aliphatic heterocycles. The van der Waals surface area contributed by atoms with Gasteiger partial charge in [-0.3, -0.25) is 10.1 Å². The molecule has 0 spiro atoms. The van der Waals surface area contributed by atoms with Gasteiger partial charge in [0, 0.05) is 12.6 Å². The number of nitro groups is 1. The van der Waals surface area contributed by atoms with Crippen LogP contribution >= 0.6 is 0 Å². The molecule has 0 aliphatic rings. The molecular formula is C12H18FN3O4S. The van der Waals surface area contributed by atoms with E-state index in [2.05, 4.69) is 4.72 Å². The Hall–Kier alpha value is -1.58. The summed E-state index contributed by atoms with van der Waals surface area (Å²) in [7, 11) is -4.20. The molecule has 0 bridgehead atoms. The largest absolute Gasteiger partial charge is 0.327 e. The molecule has 0 saturated carbocycles. The molecule has 0 heterocycles. The minimum Gasteiger partial charge on any atom is -0.327 e. The van der Waals surface area contributed by atoms with Crippen LogP contribution in [0.15, 0.2) is 23.1 Å². The van der Waals surface area contributed by atoms with Gasteiger partial charge in [-0.1, -0.05) is 19.9 Å². The van der Waals surface area contributed by atoms with E-state index in [1.807, 2.05) is 13.8 Å². The number of nitro benzene ring substituents is 1. The Balaban J connectivity index is 2.99. The Bertz CT molecular complexity index is 619. The standard InChI is InChI=1S/C12H18FN3O4S/c1-8(2)6-9(14)7-15-21(19,20)11-5-3-4-10(13)12(11)16(17)18/h3-5,8-9,15H,6-7,14H2,1-2H3. The molecule has 0 aromatic heterocycles. The molecule has 1 rings (SSSR count). The minimum absolute atomic E-state index is 0.0752. The molecule has 0 radical (unpaired) electrons. The lowest BCUT2D eigenvalue weighted by Crippen LogP contribution is -2.38. The molecule has 9 heteroatoms. The molecule has 1 aromatic rings. The quantitative estimate of drug-likeness (QED) is 0.582. The summed E-state index contributed by atoms with van der Waals surface area (Å²) in [6, 6.07) is 2.50. The van der Waals surface area contributed by atoms with E-state index in [9.17, 15) is 22.9 Å². The summed E-state index contributed by atoms with van der Waals surface area (Å²) in [5, 5.41) is 10.8. The third kappa shape index (κ3) is 4.73. The third-order valence-corrected chi connectivity index (χ3v) is 4.19. The lowest BCUT2D eigenvalue weighted by Gasteiger charge is -2.15. The fourth-order valence-electron chi connectivity index (χ4n) is 1.87. The molecular weight excluding hydrogens is 301 g/mol. The highest BCUT2D eigenvalue weighted by Crippen LogP contribution is 2.26. The number of hydrogen-bond donors (Lipinski definition) is 2. The van der Waals surface area contributed by atoms with Crippen molar-refractivity contribution in [2.24, 2.45) is 11.7 Å². The highest BCUT2D eigenvalue weighted by atomic mass is 32.2. The molecule has 118 valence electrons. The number of para-hydroxylation sites is 1. The van der Waals surface area contributed by atoms with E-state index in [0.29, 0.717) is 6.42 Å². The van der Waals surface area contributed by atoms with Gasteiger partial charge in [0.05, 0.1) is 4.92 Å². The van der Waals surface area contributed by atoms with E-state index in [1.165, 1.54) is 0 Å². The normalized spacial score (nSPS) is 13.4. The fraction of sp³-hybridized carbons (Fsp3) is 0.500. The van der Waals surface area contributed by atoms with Gasteiger partial charge in [-0.2, -0.15) is 4.39 Å². The summed E-state index contributed by atoms with van der Waals surface area (Å²) in [6.45, 7) is 3.80. The first kappa shape index (κ1) is 17.5. The molecule has 0 amide bonds. The summed E-state index contributed by atoms with van der Waals surface area (Å²) < 4.78 is 39.7. The van der Waals surface area contributed by atoms with Crippen molar-refractivity contribution >= 4 is 15.7 Å². The Kier molecular flexibility index (Phi) is 5.76. The number of benzene rings is 1. The zero-order chi connectivity index (χ0) is 16.2. The average Bonchev–Trinajstić information content (AvgIpc) is 2.35. The van der Waals surface area contributed by atoms with Crippen LogP contribution in [0, 0.1) is 21.8 Å². The number of sulfonamides is 1. The van der Waals surface area contributed by atoms with Crippen molar-refractivity contribution in [1.82, 2.24) is 4.72 Å². The van der Waals surface area contributed by atoms with Gasteiger partial charge >= 0.3 is 5.69 Å². The van der Waals surface area contributed by atoms with Crippen LogP contribution in [0.3, 0.4) is 0 Å². The van der Waals surface area contributed by atoms with Gasteiger partial charge in [0.25, 0.3) is 0 Å². The molecule has 0 fully saturated rings. The van der Waals surface area contributed by atoms with Crippen molar-refractivity contribution < 1.29 is 17.7 Å². The first-order chi connectivity index (χ1) is 9.65. The Labute approximate surface area is 122 Å². The predicted molar refractivity (Wildman–Crippen MR) is 75.7 cm³/mol. The van der Waals surface area contributed by atoms with Crippen molar-refractivity contribution in [3.05, 3.63) is 34.1 Å². The van der Waals surface area contributed by atoms with E-state index in [0.717, 1.165) is 18.2 Å². The summed E-state index contributed by atoms with van der Waals surface area (Å²) in [6.07, 6.45) is 0.591. The van der Waals surface area contributed by atoms with E-state index in [1.54, 1.807) is 0 Å². The molecule has 21 heavy (non-hydrogen) atoms. The predicted octanol–water partition coefficient (Wildman–Crippen LogP) is 1.39. The van der Waals surface area contributed by atoms with Crippen LogP contribution in [0.25, 0.3) is 0 Å². The van der Waals surface area contributed by atoms with Gasteiger partial charge in [-0.15, -0.1) is 0 Å². The van der Waals surface area contributed by atoms with E-state index in [4.69, 9.17) is 5.73 Å². The highest BCUT2D eigenvalue weighted by Gasteiger charge is 2.29. The number of hydrogen-bond acceptors (Lipinski definition) is 5. The van der Waals surface area contributed by atoms with Gasteiger partial charge < -0.3 is 5.73 Å². The number of halogens is 1. The lowest BCUT2D eigenvalue weighted by atomic mass is 10.1. The third-order valence-electron chi connectivity index (χ3n) is 2.73. The van der Waals surface area contributed by atoms with Crippen LogP contribution in [-0.4, -0.2) is 25.9 Å². The Morgan fingerprint density at radius 2 is 2.05 bits per heavy atom. The molecule has 3 N–H and O–H groups in total. The topological polar surface area (TPSA) is 115 Å². The molecule has 7 nitrogen and oxygen atoms in total. The van der Waals surface area contributed by atoms with Gasteiger partial charge in [-0.05, 0) is 24.5 Å². The second kappa shape index (κ2) is 6.92. The van der Waals surface area contributed by atoms with Crippen molar-refractivity contribution in [2.45, 2.75) is 31.2 Å². The Morgan fingerprint density at radius 1 is 1.43 bits per heavy atom. The second-order valence-corrected chi connectivity index (χ2v) is 6.82. The number of nitrogens with two attached hydrogens (primary N) is 1. The second-order valence-electron chi connectivity index (χ2n) is 5.09. The maximum absolute atomic E-state index is 13.4. The van der Waals surface area contributed by atoms with Crippen LogP contribution < -0.4 is 10.5 Å². The van der Waals surface area contributed by atoms with Gasteiger partial charge in [0.1, 0.15) is 0 Å². The maximum atomic E-state index is 13.4. The molecule has 1 atom stereocenters. The summed E-state index contributed by atoms with van der Waals surface area (Å²) in [5.74, 6) is -0.914. The van der Waals surface area contributed by atoms with Crippen LogP contribution in [-0.2, 0) is 10.0 Å². The van der Waals surface area contributed by atoms with Crippen molar-refractivity contribution in [3.63, 3.8) is 0 Å². The lowest BCUT2D eigenvalue weighted by molar-refractivity contribution is -0.390. The van der Waals surface area contributed by atoms with Gasteiger partial charge in [0.2, 0.25) is 15.8 Å². The smallest absolute Gasteiger partial charge is 0.324 e. The first-order valence-electron chi connectivity index (χ1n) is 6.33. The molecule has 1 unspecified atom stereocenters. The zero-order valence-corrected chi connectivity index (χ0v) is 12.6. The van der Waals surface area contributed by atoms with E-state index in [-0.39, 0.29) is 12.5 Å². The fourth-order valence-corrected chi connectivity index (χ4v) is 3.15. The summed E-state index contributed by atoms with van der Waals surface area (Å²) in [4.78, 5) is 9.06. The van der Waals surface area contributed by atoms with Crippen LogP contribution in [0.4, 0.5) is 10.1 Å². The summed E-state index contributed by atoms with van der Waals surface area (Å²) >= 11 is 0. The van der Waals surface area contributed by atoms with Crippen LogP contribution in [0.1, 0.15) is 20.3 Å². The van der Waals surface area contributed by atoms with Gasteiger partial charge in [0.15, 0.2) is 4.90 Å². The average molecular weight is 319 g/mol. The SMILES string of the molecule is CC(C)CC(N)CNS(=O)(=O)c1cccc(F)c1[N+](=O)[O-]. The van der Waals surface area contributed by atoms with Gasteiger partial charge in [-0.25, -0.2) is 13.1 Å². The maximum Gasteiger partial charge on any atom is 0.324 e. The van der Waals surface area contributed by atoms with Crippen LogP contribution in [0.5, 0.6) is 0 Å². The Morgan fingerprint density at radius 3 is 2.57 bits per heavy atom. The van der Waals surface area contributed by atoms with E-state index >= 15 is 0 Å². The molecule has 1 aromatic carbocycles. The molecule has 0 saturated heterocycles. The van der Waals surface area contributed by atoms with Crippen LogP contribution in [0.2, 0.25) is 0 Å². The van der Waals surface area contributed by atoms with Crippen molar-refractivity contribution in [2.75, 3.05) is 6.54 Å². The zero-order valence-electron chi connectivity index (χ0n) is 11.7. The van der Waals surface area contributed by atoms with Crippen molar-refractivity contribution in [1.29, 1.82) is 0 Å². The first-order valence-corrected chi connectivity index (χ1v) is 7.81.